The molecule has 2 aromatic rings. The van der Waals surface area contributed by atoms with Crippen molar-refractivity contribution in [3.05, 3.63) is 52.4 Å². The number of hydrogen-bond acceptors (Lipinski definition) is 9. The molecule has 1 amide bonds. The Bertz CT molecular complexity index is 1330. The second-order valence-electron chi connectivity index (χ2n) is 9.78. The van der Waals surface area contributed by atoms with E-state index in [1.54, 1.807) is 58.2 Å². The van der Waals surface area contributed by atoms with Crippen LogP contribution in [0.5, 0.6) is 0 Å². The third-order valence-corrected chi connectivity index (χ3v) is 10.4. The van der Waals surface area contributed by atoms with Crippen molar-refractivity contribution in [3.63, 3.8) is 0 Å². The molecule has 2 rings (SSSR count). The maximum Gasteiger partial charge on any atom is 0.315 e. The fourth-order valence-corrected chi connectivity index (χ4v) is 7.75. The first-order valence-corrected chi connectivity index (χ1v) is 15.8. The first kappa shape index (κ1) is 30.9. The third-order valence-electron chi connectivity index (χ3n) is 5.68. The summed E-state index contributed by atoms with van der Waals surface area (Å²) in [6.07, 6.45) is 1.12. The van der Waals surface area contributed by atoms with Gasteiger partial charge in [0.2, 0.25) is 10.0 Å². The van der Waals surface area contributed by atoms with Gasteiger partial charge in [-0.2, -0.15) is 0 Å². The molecular formula is C24H35N3O7S3. The van der Waals surface area contributed by atoms with E-state index in [1.165, 1.54) is 12.1 Å². The predicted octanol–water partition coefficient (Wildman–Crippen LogP) is 2.49. The normalized spacial score (nSPS) is 15.0. The number of sulfone groups is 1. The first-order valence-electron chi connectivity index (χ1n) is 11.6. The fourth-order valence-electron chi connectivity index (χ4n) is 4.10. The highest BCUT2D eigenvalue weighted by atomic mass is 32.2. The Hall–Kier alpha value is -2.32. The van der Waals surface area contributed by atoms with Gasteiger partial charge in [-0.05, 0) is 56.7 Å². The monoisotopic (exact) mass is 573 g/mol. The van der Waals surface area contributed by atoms with Gasteiger partial charge in [-0.1, -0.05) is 43.2 Å². The summed E-state index contributed by atoms with van der Waals surface area (Å²) in [6, 6.07) is 7.68. The SMILES string of the molecule is CCC[C@](C(=O)NN)(c1ccc(C)cc1[C@H](CNS(=O)(=O)c1cccs1)C(=O)OC(C)(C)C)S(C)(=O)=O. The van der Waals surface area contributed by atoms with Gasteiger partial charge >= 0.3 is 5.97 Å². The average Bonchev–Trinajstić information content (AvgIpc) is 3.31. The molecule has 206 valence electrons. The number of nitrogens with one attached hydrogen (secondary N) is 2. The molecule has 0 spiro atoms. The van der Waals surface area contributed by atoms with Gasteiger partial charge in [-0.15, -0.1) is 11.3 Å². The summed E-state index contributed by atoms with van der Waals surface area (Å²) in [7, 11) is -8.11. The van der Waals surface area contributed by atoms with E-state index < -0.39 is 54.5 Å². The van der Waals surface area contributed by atoms with Crippen molar-refractivity contribution in [2.45, 2.75) is 67.9 Å². The molecule has 1 aromatic carbocycles. The van der Waals surface area contributed by atoms with Gasteiger partial charge < -0.3 is 4.74 Å². The van der Waals surface area contributed by atoms with Gasteiger partial charge in [0.05, 0.1) is 5.92 Å². The van der Waals surface area contributed by atoms with E-state index >= 15 is 0 Å². The number of amides is 1. The average molecular weight is 574 g/mol. The maximum atomic E-state index is 13.5. The number of hydrazine groups is 1. The van der Waals surface area contributed by atoms with Gasteiger partial charge in [0, 0.05) is 12.8 Å². The molecule has 37 heavy (non-hydrogen) atoms. The lowest BCUT2D eigenvalue weighted by Gasteiger charge is -2.34. The van der Waals surface area contributed by atoms with Crippen LogP contribution in [-0.2, 0) is 38.9 Å². The zero-order valence-corrected chi connectivity index (χ0v) is 24.3. The topological polar surface area (TPSA) is 162 Å². The molecule has 0 aliphatic rings. The van der Waals surface area contributed by atoms with E-state index in [4.69, 9.17) is 10.6 Å². The summed E-state index contributed by atoms with van der Waals surface area (Å²) in [5.41, 5.74) is 1.92. The highest BCUT2D eigenvalue weighted by Crippen LogP contribution is 2.40. The summed E-state index contributed by atoms with van der Waals surface area (Å²) < 4.78 is 58.2. The number of nitrogens with two attached hydrogens (primary N) is 1. The summed E-state index contributed by atoms with van der Waals surface area (Å²) in [6.45, 7) is 8.01. The minimum Gasteiger partial charge on any atom is -0.459 e. The van der Waals surface area contributed by atoms with Gasteiger partial charge in [-0.3, -0.25) is 15.0 Å². The zero-order valence-electron chi connectivity index (χ0n) is 21.8. The summed E-state index contributed by atoms with van der Waals surface area (Å²) >= 11 is 1.01. The lowest BCUT2D eigenvalue weighted by atomic mass is 9.83. The number of sulfonamides is 1. The van der Waals surface area contributed by atoms with E-state index in [0.717, 1.165) is 17.6 Å². The van der Waals surface area contributed by atoms with Crippen molar-refractivity contribution in [2.24, 2.45) is 5.84 Å². The molecule has 0 saturated heterocycles. The number of rotatable bonds is 11. The van der Waals surface area contributed by atoms with Crippen LogP contribution < -0.4 is 16.0 Å². The molecule has 0 bridgehead atoms. The van der Waals surface area contributed by atoms with Gasteiger partial charge in [0.15, 0.2) is 14.6 Å². The Morgan fingerprint density at radius 2 is 1.78 bits per heavy atom. The number of benzene rings is 1. The van der Waals surface area contributed by atoms with Crippen molar-refractivity contribution >= 4 is 43.1 Å². The number of aryl methyl sites for hydroxylation is 1. The lowest BCUT2D eigenvalue weighted by molar-refractivity contribution is -0.156. The van der Waals surface area contributed by atoms with Crippen LogP contribution in [0.1, 0.15) is 63.1 Å². The number of carbonyl (C=O) groups excluding carboxylic acids is 2. The van der Waals surface area contributed by atoms with E-state index in [1.807, 2.05) is 5.43 Å². The number of thiophene rings is 1. The summed E-state index contributed by atoms with van der Waals surface area (Å²) in [5, 5.41) is 1.61. The van der Waals surface area contributed by atoms with Crippen molar-refractivity contribution in [3.8, 4) is 0 Å². The van der Waals surface area contributed by atoms with Gasteiger partial charge in [-0.25, -0.2) is 27.4 Å². The Labute approximate surface area is 222 Å². The second-order valence-corrected chi connectivity index (χ2v) is 15.0. The molecule has 0 aliphatic heterocycles. The molecule has 0 radical (unpaired) electrons. The van der Waals surface area contributed by atoms with Gasteiger partial charge in [0.25, 0.3) is 5.91 Å². The molecule has 2 atom stereocenters. The predicted molar refractivity (Wildman–Crippen MR) is 143 cm³/mol. The second kappa shape index (κ2) is 11.6. The van der Waals surface area contributed by atoms with Crippen molar-refractivity contribution in [2.75, 3.05) is 12.8 Å². The zero-order chi connectivity index (χ0) is 28.2. The standard InChI is InChI=1S/C24H35N3O7S3/c1-7-12-24(22(29)27-25,36(6,30)31)19-11-10-16(2)14-17(19)18(21(28)34-23(3,4)5)15-26-37(32,33)20-9-8-13-35-20/h8-11,13-14,18,26H,7,12,15,25H2,1-6H3,(H,27,29)/t18-,24+/m0/s1. The molecule has 4 N–H and O–H groups in total. The van der Waals surface area contributed by atoms with Crippen LogP contribution in [0.4, 0.5) is 0 Å². The number of hydrogen-bond donors (Lipinski definition) is 3. The summed E-state index contributed by atoms with van der Waals surface area (Å²) in [5.74, 6) is 2.44. The summed E-state index contributed by atoms with van der Waals surface area (Å²) in [4.78, 5) is 26.6. The smallest absolute Gasteiger partial charge is 0.315 e. The minimum atomic E-state index is -4.14. The van der Waals surface area contributed by atoms with Crippen LogP contribution in [0.25, 0.3) is 0 Å². The number of ether oxygens (including phenoxy) is 1. The van der Waals surface area contributed by atoms with Crippen LogP contribution in [0.2, 0.25) is 0 Å². The first-order chi connectivity index (χ1) is 17.0. The van der Waals surface area contributed by atoms with Crippen LogP contribution in [-0.4, -0.2) is 47.1 Å². The van der Waals surface area contributed by atoms with Crippen LogP contribution in [0.15, 0.2) is 39.9 Å². The molecule has 1 heterocycles. The molecule has 0 fully saturated rings. The van der Waals surface area contributed by atoms with E-state index in [9.17, 15) is 26.4 Å². The van der Waals surface area contributed by atoms with Crippen LogP contribution in [0, 0.1) is 6.92 Å². The Morgan fingerprint density at radius 3 is 2.27 bits per heavy atom. The number of carbonyl (C=O) groups is 2. The molecular weight excluding hydrogens is 538 g/mol. The van der Waals surface area contributed by atoms with Crippen molar-refractivity contribution < 1.29 is 31.2 Å². The van der Waals surface area contributed by atoms with E-state index in [-0.39, 0.29) is 21.8 Å². The Morgan fingerprint density at radius 1 is 1.14 bits per heavy atom. The quantitative estimate of drug-likeness (QED) is 0.160. The molecule has 0 unspecified atom stereocenters. The lowest BCUT2D eigenvalue weighted by Crippen LogP contribution is -2.52. The Balaban J connectivity index is 2.81. The van der Waals surface area contributed by atoms with Crippen molar-refractivity contribution in [1.29, 1.82) is 0 Å². The third kappa shape index (κ3) is 6.96. The molecule has 13 heteroatoms. The van der Waals surface area contributed by atoms with Crippen LogP contribution >= 0.6 is 11.3 Å². The van der Waals surface area contributed by atoms with Crippen molar-refractivity contribution in [1.82, 2.24) is 10.1 Å². The van der Waals surface area contributed by atoms with Gasteiger partial charge in [0.1, 0.15) is 9.81 Å². The van der Waals surface area contributed by atoms with E-state index in [2.05, 4.69) is 4.72 Å². The minimum absolute atomic E-state index is 0.0385. The molecule has 10 nitrogen and oxygen atoms in total. The Kier molecular flexibility index (Phi) is 9.69. The molecule has 0 saturated carbocycles. The highest BCUT2D eigenvalue weighted by Gasteiger charge is 2.51. The number of esters is 1. The largest absolute Gasteiger partial charge is 0.459 e. The van der Waals surface area contributed by atoms with Crippen LogP contribution in [0.3, 0.4) is 0 Å². The highest BCUT2D eigenvalue weighted by molar-refractivity contribution is 7.92. The molecule has 0 aliphatic carbocycles. The fraction of sp³-hybridized carbons (Fsp3) is 0.500. The molecule has 1 aromatic heterocycles. The maximum absolute atomic E-state index is 13.5. The van der Waals surface area contributed by atoms with E-state index in [0.29, 0.717) is 12.0 Å².